The van der Waals surface area contributed by atoms with Crippen LogP contribution in [0.25, 0.3) is 18.2 Å². The van der Waals surface area contributed by atoms with Crippen molar-refractivity contribution in [1.82, 2.24) is 0 Å². The number of rotatable bonds is 12. The molecule has 3 heteroatoms. The first kappa shape index (κ1) is 22.3. The van der Waals surface area contributed by atoms with Crippen molar-refractivity contribution < 1.29 is 9.47 Å². The number of benzene rings is 2. The zero-order valence-electron chi connectivity index (χ0n) is 17.6. The summed E-state index contributed by atoms with van der Waals surface area (Å²) in [5, 5.41) is 8.59. The van der Waals surface area contributed by atoms with Crippen molar-refractivity contribution in [3.05, 3.63) is 65.2 Å². The summed E-state index contributed by atoms with van der Waals surface area (Å²) in [4.78, 5) is 0. The monoisotopic (exact) mass is 389 g/mol. The molecule has 0 heterocycles. The summed E-state index contributed by atoms with van der Waals surface area (Å²) in [7, 11) is 1.67. The van der Waals surface area contributed by atoms with E-state index in [4.69, 9.17) is 14.7 Å². The maximum atomic E-state index is 8.59. The van der Waals surface area contributed by atoms with Gasteiger partial charge in [0, 0.05) is 6.08 Å². The van der Waals surface area contributed by atoms with Crippen LogP contribution in [0.3, 0.4) is 0 Å². The van der Waals surface area contributed by atoms with Crippen molar-refractivity contribution in [2.45, 2.75) is 45.4 Å². The van der Waals surface area contributed by atoms with E-state index in [-0.39, 0.29) is 0 Å². The number of nitrogens with zero attached hydrogens (tertiary/aromatic N) is 1. The van der Waals surface area contributed by atoms with E-state index in [1.54, 1.807) is 13.2 Å². The van der Waals surface area contributed by atoms with Crippen molar-refractivity contribution in [3.8, 4) is 17.6 Å². The van der Waals surface area contributed by atoms with Crippen molar-refractivity contribution >= 4 is 18.2 Å². The first-order chi connectivity index (χ1) is 14.3. The summed E-state index contributed by atoms with van der Waals surface area (Å²) in [5.74, 6) is 1.56. The molecule has 0 spiro atoms. The Kier molecular flexibility index (Phi) is 10.2. The minimum absolute atomic E-state index is 0.726. The van der Waals surface area contributed by atoms with Gasteiger partial charge in [-0.15, -0.1) is 0 Å². The SMILES string of the molecule is CCCCCCCCOc1ccc(C=Cc2ccc(C=CC#N)cc2)cc1OC. The molecule has 0 N–H and O–H groups in total. The van der Waals surface area contributed by atoms with Crippen LogP contribution < -0.4 is 9.47 Å². The highest BCUT2D eigenvalue weighted by atomic mass is 16.5. The Morgan fingerprint density at radius 2 is 1.41 bits per heavy atom. The molecule has 0 bridgehead atoms. The van der Waals surface area contributed by atoms with Crippen molar-refractivity contribution in [3.63, 3.8) is 0 Å². The maximum absolute atomic E-state index is 8.59. The van der Waals surface area contributed by atoms with Crippen LogP contribution in [-0.2, 0) is 0 Å². The fourth-order valence-electron chi connectivity index (χ4n) is 3.02. The quantitative estimate of drug-likeness (QED) is 0.220. The standard InChI is InChI=1S/C26H31NO2/c1-3-4-5-6-7-8-20-29-25-18-17-24(21-26(25)28-2)16-15-23-13-11-22(12-14-23)10-9-19-27/h9-18,21H,3-8,20H2,1-2H3. The van der Waals surface area contributed by atoms with Gasteiger partial charge in [-0.05, 0) is 41.3 Å². The third-order valence-corrected chi connectivity index (χ3v) is 4.70. The average molecular weight is 390 g/mol. The van der Waals surface area contributed by atoms with Crippen LogP contribution in [0.2, 0.25) is 0 Å². The zero-order chi connectivity index (χ0) is 20.7. The van der Waals surface area contributed by atoms with Crippen LogP contribution in [0.4, 0.5) is 0 Å². The minimum atomic E-state index is 0.726. The Hall–Kier alpha value is -2.99. The highest BCUT2D eigenvalue weighted by Gasteiger charge is 2.05. The molecule has 0 radical (unpaired) electrons. The molecule has 29 heavy (non-hydrogen) atoms. The van der Waals surface area contributed by atoms with Gasteiger partial charge in [0.25, 0.3) is 0 Å². The van der Waals surface area contributed by atoms with E-state index in [1.807, 2.05) is 48.5 Å². The molecule has 2 aromatic carbocycles. The second-order valence-electron chi connectivity index (χ2n) is 6.99. The van der Waals surface area contributed by atoms with E-state index >= 15 is 0 Å². The number of hydrogen-bond acceptors (Lipinski definition) is 3. The van der Waals surface area contributed by atoms with E-state index in [0.29, 0.717) is 0 Å². The van der Waals surface area contributed by atoms with Crippen molar-refractivity contribution in [2.24, 2.45) is 0 Å². The number of unbranched alkanes of at least 4 members (excludes halogenated alkanes) is 5. The molecule has 152 valence electrons. The summed E-state index contributed by atoms with van der Waals surface area (Å²) in [6.45, 7) is 2.96. The lowest BCUT2D eigenvalue weighted by Gasteiger charge is -2.11. The molecule has 0 aliphatic rings. The van der Waals surface area contributed by atoms with Crippen molar-refractivity contribution in [1.29, 1.82) is 5.26 Å². The molecule has 0 aliphatic carbocycles. The van der Waals surface area contributed by atoms with Gasteiger partial charge < -0.3 is 9.47 Å². The number of nitriles is 1. The third kappa shape index (κ3) is 8.27. The van der Waals surface area contributed by atoms with E-state index in [9.17, 15) is 0 Å². The molecule has 0 aliphatic heterocycles. The second-order valence-corrected chi connectivity index (χ2v) is 6.99. The normalized spacial score (nSPS) is 11.1. The smallest absolute Gasteiger partial charge is 0.161 e. The van der Waals surface area contributed by atoms with Gasteiger partial charge in [-0.2, -0.15) is 5.26 Å². The molecule has 2 rings (SSSR count). The Morgan fingerprint density at radius 3 is 2.10 bits per heavy atom. The van der Waals surface area contributed by atoms with Gasteiger partial charge in [0.05, 0.1) is 19.8 Å². The minimum Gasteiger partial charge on any atom is -0.493 e. The predicted octanol–water partition coefficient (Wildman–Crippen LogP) is 7.14. The lowest BCUT2D eigenvalue weighted by atomic mass is 10.1. The van der Waals surface area contributed by atoms with Crippen LogP contribution in [-0.4, -0.2) is 13.7 Å². The third-order valence-electron chi connectivity index (χ3n) is 4.70. The highest BCUT2D eigenvalue weighted by molar-refractivity contribution is 5.71. The average Bonchev–Trinajstić information content (AvgIpc) is 2.76. The van der Waals surface area contributed by atoms with Crippen LogP contribution in [0.1, 0.15) is 62.1 Å². The van der Waals surface area contributed by atoms with Crippen LogP contribution >= 0.6 is 0 Å². The number of ether oxygens (including phenoxy) is 2. The Balaban J connectivity index is 1.89. The predicted molar refractivity (Wildman–Crippen MR) is 122 cm³/mol. The number of methoxy groups -OCH3 is 1. The molecule has 0 aromatic heterocycles. The first-order valence-electron chi connectivity index (χ1n) is 10.4. The fraction of sp³-hybridized carbons (Fsp3) is 0.346. The molecule has 0 saturated heterocycles. The van der Waals surface area contributed by atoms with E-state index in [0.717, 1.165) is 41.2 Å². The lowest BCUT2D eigenvalue weighted by molar-refractivity contribution is 0.284. The molecule has 2 aromatic rings. The molecular weight excluding hydrogens is 358 g/mol. The largest absolute Gasteiger partial charge is 0.493 e. The van der Waals surface area contributed by atoms with Gasteiger partial charge in [-0.25, -0.2) is 0 Å². The highest BCUT2D eigenvalue weighted by Crippen LogP contribution is 2.29. The number of allylic oxidation sites excluding steroid dienone is 1. The molecule has 0 fully saturated rings. The summed E-state index contributed by atoms with van der Waals surface area (Å²) >= 11 is 0. The van der Waals surface area contributed by atoms with Gasteiger partial charge in [-0.3, -0.25) is 0 Å². The van der Waals surface area contributed by atoms with Gasteiger partial charge >= 0.3 is 0 Å². The maximum Gasteiger partial charge on any atom is 0.161 e. The van der Waals surface area contributed by atoms with Gasteiger partial charge in [0.2, 0.25) is 0 Å². The summed E-state index contributed by atoms with van der Waals surface area (Å²) in [5.41, 5.74) is 3.17. The Bertz CT molecular complexity index is 829. The molecule has 0 atom stereocenters. The van der Waals surface area contributed by atoms with Gasteiger partial charge in [0.1, 0.15) is 0 Å². The second kappa shape index (κ2) is 13.2. The molecule has 0 unspecified atom stereocenters. The Morgan fingerprint density at radius 1 is 0.793 bits per heavy atom. The van der Waals surface area contributed by atoms with Crippen LogP contribution in [0.15, 0.2) is 48.5 Å². The summed E-state index contributed by atoms with van der Waals surface area (Å²) in [6.07, 6.45) is 14.9. The topological polar surface area (TPSA) is 42.2 Å². The van der Waals surface area contributed by atoms with Crippen LogP contribution in [0.5, 0.6) is 11.5 Å². The van der Waals surface area contributed by atoms with E-state index < -0.39 is 0 Å². The molecule has 0 saturated carbocycles. The summed E-state index contributed by atoms with van der Waals surface area (Å²) in [6, 6.07) is 16.1. The Labute approximate surface area is 175 Å². The molecule has 3 nitrogen and oxygen atoms in total. The molecular formula is C26H31NO2. The van der Waals surface area contributed by atoms with E-state index in [2.05, 4.69) is 19.1 Å². The van der Waals surface area contributed by atoms with Crippen molar-refractivity contribution in [2.75, 3.05) is 13.7 Å². The summed E-state index contributed by atoms with van der Waals surface area (Å²) < 4.78 is 11.4. The van der Waals surface area contributed by atoms with E-state index in [1.165, 1.54) is 38.2 Å². The first-order valence-corrected chi connectivity index (χ1v) is 10.4. The van der Waals surface area contributed by atoms with Crippen LogP contribution in [0, 0.1) is 11.3 Å². The van der Waals surface area contributed by atoms with Gasteiger partial charge in [0.15, 0.2) is 11.5 Å². The lowest BCUT2D eigenvalue weighted by Crippen LogP contribution is -1.99. The number of hydrogen-bond donors (Lipinski definition) is 0. The fourth-order valence-corrected chi connectivity index (χ4v) is 3.02. The molecule has 0 amide bonds. The zero-order valence-corrected chi connectivity index (χ0v) is 17.6. The van der Waals surface area contributed by atoms with Gasteiger partial charge in [-0.1, -0.05) is 81.5 Å².